The topological polar surface area (TPSA) is 18.5 Å². The Bertz CT molecular complexity index is 517. The third kappa shape index (κ3) is 2.25. The summed E-state index contributed by atoms with van der Waals surface area (Å²) in [6, 6.07) is 7.97. The van der Waals surface area contributed by atoms with E-state index in [1.54, 1.807) is 6.08 Å². The summed E-state index contributed by atoms with van der Waals surface area (Å²) in [5.74, 6) is 2.62. The van der Waals surface area contributed by atoms with Gasteiger partial charge in [0.1, 0.15) is 24.2 Å². The van der Waals surface area contributed by atoms with Crippen molar-refractivity contribution in [1.29, 1.82) is 0 Å². The van der Waals surface area contributed by atoms with Gasteiger partial charge in [-0.25, -0.2) is 0 Å². The zero-order chi connectivity index (χ0) is 15.1. The maximum Gasteiger partial charge on any atom is 0.120 e. The van der Waals surface area contributed by atoms with Crippen LogP contribution in [-0.2, 0) is 0 Å². The Morgan fingerprint density at radius 2 is 1.86 bits per heavy atom. The molecule has 0 spiro atoms. The van der Waals surface area contributed by atoms with Crippen LogP contribution in [0.5, 0.6) is 11.5 Å². The van der Waals surface area contributed by atoms with Gasteiger partial charge in [-0.2, -0.15) is 0 Å². The van der Waals surface area contributed by atoms with E-state index >= 15 is 0 Å². The maximum absolute atomic E-state index is 6.33. The van der Waals surface area contributed by atoms with Crippen LogP contribution in [0.4, 0.5) is 0 Å². The minimum absolute atomic E-state index is 0.301. The SMILES string of the molecule is C=CCOc1ccc(OC2CC3CCC2(C)C3(C)C)cc1. The molecule has 2 aliphatic rings. The van der Waals surface area contributed by atoms with Gasteiger partial charge in [0.05, 0.1) is 0 Å². The molecule has 0 amide bonds. The number of rotatable bonds is 5. The van der Waals surface area contributed by atoms with Gasteiger partial charge in [0.15, 0.2) is 0 Å². The van der Waals surface area contributed by atoms with Crippen molar-refractivity contribution in [2.24, 2.45) is 16.7 Å². The lowest BCUT2D eigenvalue weighted by molar-refractivity contribution is 0.0301. The van der Waals surface area contributed by atoms with E-state index in [9.17, 15) is 0 Å². The molecule has 3 rings (SSSR count). The molecule has 0 N–H and O–H groups in total. The molecule has 0 radical (unpaired) electrons. The molecule has 1 aromatic rings. The predicted molar refractivity (Wildman–Crippen MR) is 85.8 cm³/mol. The van der Waals surface area contributed by atoms with E-state index in [2.05, 4.69) is 27.4 Å². The smallest absolute Gasteiger partial charge is 0.120 e. The summed E-state index contributed by atoms with van der Waals surface area (Å²) < 4.78 is 11.8. The molecule has 2 saturated carbocycles. The average molecular weight is 286 g/mol. The third-order valence-electron chi connectivity index (χ3n) is 6.18. The first-order valence-electron chi connectivity index (χ1n) is 7.98. The van der Waals surface area contributed by atoms with Crippen molar-refractivity contribution in [2.75, 3.05) is 6.61 Å². The highest BCUT2D eigenvalue weighted by Gasteiger charge is 2.62. The van der Waals surface area contributed by atoms with E-state index in [0.717, 1.165) is 17.4 Å². The highest BCUT2D eigenvalue weighted by molar-refractivity contribution is 5.32. The second kappa shape index (κ2) is 5.08. The van der Waals surface area contributed by atoms with Crippen LogP contribution < -0.4 is 9.47 Å². The lowest BCUT2D eigenvalue weighted by Gasteiger charge is -2.38. The van der Waals surface area contributed by atoms with E-state index in [4.69, 9.17) is 9.47 Å². The Morgan fingerprint density at radius 1 is 1.19 bits per heavy atom. The minimum Gasteiger partial charge on any atom is -0.490 e. The van der Waals surface area contributed by atoms with Crippen molar-refractivity contribution in [3.05, 3.63) is 36.9 Å². The Morgan fingerprint density at radius 3 is 2.38 bits per heavy atom. The number of fused-ring (bicyclic) bond motifs is 2. The van der Waals surface area contributed by atoms with Gasteiger partial charge in [-0.3, -0.25) is 0 Å². The average Bonchev–Trinajstić information content (AvgIpc) is 2.80. The molecule has 114 valence electrons. The van der Waals surface area contributed by atoms with Crippen molar-refractivity contribution in [3.8, 4) is 11.5 Å². The second-order valence-electron chi connectivity index (χ2n) is 7.29. The second-order valence-corrected chi connectivity index (χ2v) is 7.29. The highest BCUT2D eigenvalue weighted by Crippen LogP contribution is 2.66. The van der Waals surface area contributed by atoms with Crippen molar-refractivity contribution in [3.63, 3.8) is 0 Å². The fourth-order valence-electron chi connectivity index (χ4n) is 4.24. The largest absolute Gasteiger partial charge is 0.490 e. The lowest BCUT2D eigenvalue weighted by atomic mass is 9.70. The minimum atomic E-state index is 0.301. The summed E-state index contributed by atoms with van der Waals surface area (Å²) in [7, 11) is 0. The third-order valence-corrected chi connectivity index (χ3v) is 6.18. The number of benzene rings is 1. The van der Waals surface area contributed by atoms with Gasteiger partial charge < -0.3 is 9.47 Å². The van der Waals surface area contributed by atoms with Crippen LogP contribution in [0, 0.1) is 16.7 Å². The van der Waals surface area contributed by atoms with Crippen molar-refractivity contribution in [2.45, 2.75) is 46.1 Å². The summed E-state index contributed by atoms with van der Waals surface area (Å²) >= 11 is 0. The summed E-state index contributed by atoms with van der Waals surface area (Å²) in [5.41, 5.74) is 0.695. The molecular weight excluding hydrogens is 260 g/mol. The first-order valence-corrected chi connectivity index (χ1v) is 7.98. The first kappa shape index (κ1) is 14.5. The fourth-order valence-corrected chi connectivity index (χ4v) is 4.24. The molecule has 0 saturated heterocycles. The Kier molecular flexibility index (Phi) is 3.51. The zero-order valence-electron chi connectivity index (χ0n) is 13.4. The van der Waals surface area contributed by atoms with Crippen LogP contribution in [0.1, 0.15) is 40.0 Å². The molecule has 0 aromatic heterocycles. The Balaban J connectivity index is 1.69. The molecule has 21 heavy (non-hydrogen) atoms. The molecule has 2 aliphatic carbocycles. The standard InChI is InChI=1S/C19H26O2/c1-5-12-20-15-6-8-16(9-7-15)21-17-13-14-10-11-19(17,4)18(14,2)3/h5-9,14,17H,1,10-13H2,2-4H3. The molecule has 2 heteroatoms. The molecule has 2 bridgehead atoms. The van der Waals surface area contributed by atoms with E-state index in [0.29, 0.717) is 23.5 Å². The van der Waals surface area contributed by atoms with Crippen molar-refractivity contribution in [1.82, 2.24) is 0 Å². The first-order chi connectivity index (χ1) is 9.97. The van der Waals surface area contributed by atoms with Gasteiger partial charge in [-0.15, -0.1) is 0 Å². The fraction of sp³-hybridized carbons (Fsp3) is 0.579. The number of ether oxygens (including phenoxy) is 2. The predicted octanol–water partition coefficient (Wildman–Crippen LogP) is 4.85. The van der Waals surface area contributed by atoms with E-state index < -0.39 is 0 Å². The van der Waals surface area contributed by atoms with Gasteiger partial charge in [0.2, 0.25) is 0 Å². The molecule has 0 aliphatic heterocycles. The van der Waals surface area contributed by atoms with Crippen molar-refractivity contribution >= 4 is 0 Å². The summed E-state index contributed by atoms with van der Waals surface area (Å²) in [6.45, 7) is 11.4. The molecule has 2 nitrogen and oxygen atoms in total. The summed E-state index contributed by atoms with van der Waals surface area (Å²) in [5, 5.41) is 0. The lowest BCUT2D eigenvalue weighted by Crippen LogP contribution is -2.38. The normalized spacial score (nSPS) is 32.9. The molecule has 3 atom stereocenters. The number of hydrogen-bond donors (Lipinski definition) is 0. The van der Waals surface area contributed by atoms with Crippen LogP contribution in [0.3, 0.4) is 0 Å². The monoisotopic (exact) mass is 286 g/mol. The van der Waals surface area contributed by atoms with Gasteiger partial charge in [-0.05, 0) is 54.9 Å². The van der Waals surface area contributed by atoms with Gasteiger partial charge in [0.25, 0.3) is 0 Å². The quantitative estimate of drug-likeness (QED) is 0.721. The van der Waals surface area contributed by atoms with Crippen LogP contribution in [0.25, 0.3) is 0 Å². The Labute approximate surface area is 128 Å². The number of hydrogen-bond acceptors (Lipinski definition) is 2. The summed E-state index contributed by atoms with van der Waals surface area (Å²) in [4.78, 5) is 0. The van der Waals surface area contributed by atoms with Crippen LogP contribution in [0.15, 0.2) is 36.9 Å². The molecule has 0 heterocycles. The van der Waals surface area contributed by atoms with Gasteiger partial charge in [0, 0.05) is 5.41 Å². The van der Waals surface area contributed by atoms with Gasteiger partial charge >= 0.3 is 0 Å². The maximum atomic E-state index is 6.33. The van der Waals surface area contributed by atoms with Crippen LogP contribution in [-0.4, -0.2) is 12.7 Å². The van der Waals surface area contributed by atoms with Crippen molar-refractivity contribution < 1.29 is 9.47 Å². The molecular formula is C19H26O2. The highest BCUT2D eigenvalue weighted by atomic mass is 16.5. The molecule has 2 fully saturated rings. The Hall–Kier alpha value is -1.44. The summed E-state index contributed by atoms with van der Waals surface area (Å²) in [6.07, 6.45) is 5.93. The van der Waals surface area contributed by atoms with E-state index in [1.807, 2.05) is 24.3 Å². The van der Waals surface area contributed by atoms with Crippen LogP contribution >= 0.6 is 0 Å². The van der Waals surface area contributed by atoms with E-state index in [-0.39, 0.29) is 0 Å². The molecule has 3 unspecified atom stereocenters. The van der Waals surface area contributed by atoms with Gasteiger partial charge in [-0.1, -0.05) is 33.4 Å². The van der Waals surface area contributed by atoms with E-state index in [1.165, 1.54) is 19.3 Å². The zero-order valence-corrected chi connectivity index (χ0v) is 13.4. The van der Waals surface area contributed by atoms with Crippen LogP contribution in [0.2, 0.25) is 0 Å². The molecule has 1 aromatic carbocycles.